The number of para-hydroxylation sites is 1. The lowest BCUT2D eigenvalue weighted by atomic mass is 10.0. The fourth-order valence-electron chi connectivity index (χ4n) is 7.61. The second-order valence-corrected chi connectivity index (χ2v) is 14.4. The second kappa shape index (κ2) is 13.1. The van der Waals surface area contributed by atoms with Crippen molar-refractivity contribution in [1.82, 2.24) is 4.57 Å². The van der Waals surface area contributed by atoms with Gasteiger partial charge >= 0.3 is 0 Å². The Morgan fingerprint density at radius 2 is 0.792 bits per heavy atom. The molecule has 0 saturated carbocycles. The highest BCUT2D eigenvalue weighted by molar-refractivity contribution is 7.26. The molecule has 0 radical (unpaired) electrons. The summed E-state index contributed by atoms with van der Waals surface area (Å²) < 4.78 is 5.07. The Bertz CT molecular complexity index is 2750. The number of hydrogen-bond donors (Lipinski definition) is 0. The van der Waals surface area contributed by atoms with E-state index in [1.165, 1.54) is 70.3 Å². The monoisotopic (exact) mass is 694 g/mol. The lowest BCUT2D eigenvalue weighted by Crippen LogP contribution is -2.09. The summed E-state index contributed by atoms with van der Waals surface area (Å²) in [4.78, 5) is 2.34. The largest absolute Gasteiger partial charge is 0.311 e. The van der Waals surface area contributed by atoms with Crippen LogP contribution in [-0.4, -0.2) is 4.57 Å². The molecule has 0 aliphatic heterocycles. The third-order valence-corrected chi connectivity index (χ3v) is 11.4. The van der Waals surface area contributed by atoms with Crippen LogP contribution in [-0.2, 0) is 0 Å². The normalized spacial score (nSPS) is 11.4. The molecule has 2 aromatic heterocycles. The summed E-state index contributed by atoms with van der Waals surface area (Å²) in [6.07, 6.45) is 0. The van der Waals surface area contributed by atoms with Gasteiger partial charge in [-0.15, -0.1) is 11.3 Å². The van der Waals surface area contributed by atoms with Gasteiger partial charge in [-0.05, 0) is 100 Å². The maximum absolute atomic E-state index is 2.43. The molecule has 2 nitrogen and oxygen atoms in total. The summed E-state index contributed by atoms with van der Waals surface area (Å²) in [6.45, 7) is 0. The van der Waals surface area contributed by atoms with E-state index in [-0.39, 0.29) is 0 Å². The van der Waals surface area contributed by atoms with E-state index in [1.807, 2.05) is 11.3 Å². The molecule has 2 heterocycles. The zero-order valence-corrected chi connectivity index (χ0v) is 29.7. The predicted octanol–water partition coefficient (Wildman–Crippen LogP) is 14.5. The van der Waals surface area contributed by atoms with Crippen molar-refractivity contribution < 1.29 is 0 Å². The molecule has 10 aromatic rings. The molecule has 0 saturated heterocycles. The van der Waals surface area contributed by atoms with Crippen molar-refractivity contribution >= 4 is 59.6 Å². The van der Waals surface area contributed by atoms with Crippen molar-refractivity contribution in [3.8, 4) is 39.1 Å². The molecule has 8 aromatic carbocycles. The Balaban J connectivity index is 1.05. The second-order valence-electron chi connectivity index (χ2n) is 13.4. The Hall–Kier alpha value is -6.68. The van der Waals surface area contributed by atoms with Crippen LogP contribution >= 0.6 is 11.3 Å². The molecule has 0 aliphatic rings. The fourth-order valence-corrected chi connectivity index (χ4v) is 8.82. The van der Waals surface area contributed by atoms with Crippen LogP contribution in [0.1, 0.15) is 0 Å². The van der Waals surface area contributed by atoms with E-state index < -0.39 is 0 Å². The van der Waals surface area contributed by atoms with Gasteiger partial charge in [0.05, 0.1) is 15.7 Å². The van der Waals surface area contributed by atoms with Crippen LogP contribution in [0.25, 0.3) is 70.3 Å². The van der Waals surface area contributed by atoms with Gasteiger partial charge in [0.25, 0.3) is 0 Å². The van der Waals surface area contributed by atoms with Gasteiger partial charge in [0.2, 0.25) is 0 Å². The maximum atomic E-state index is 2.43. The van der Waals surface area contributed by atoms with Crippen LogP contribution in [0.4, 0.5) is 17.1 Å². The van der Waals surface area contributed by atoms with Crippen LogP contribution in [0.15, 0.2) is 206 Å². The van der Waals surface area contributed by atoms with Gasteiger partial charge in [-0.2, -0.15) is 0 Å². The highest BCUT2D eigenvalue weighted by atomic mass is 32.1. The quantitative estimate of drug-likeness (QED) is 0.161. The molecule has 0 atom stereocenters. The molecule has 53 heavy (non-hydrogen) atoms. The van der Waals surface area contributed by atoms with E-state index >= 15 is 0 Å². The molecule has 0 bridgehead atoms. The standard InChI is InChI=1S/C50H34N2S/c1-4-12-35(13-5-1)37-20-27-42(28-21-37)51(43-29-22-38(23-30-43)36-14-6-2-7-15-36)44-31-24-39(25-32-44)40-26-33-47-46(34-40)50-49(45-18-10-11-19-48(45)53-50)52(47)41-16-8-3-9-17-41/h1-34H. The SMILES string of the molecule is c1ccc(-c2ccc(N(c3ccc(-c4ccccc4)cc3)c3ccc(-c4ccc5c(c4)c4sc6ccccc6c4n5-c4ccccc4)cc3)cc2)cc1. The molecule has 250 valence electrons. The highest BCUT2D eigenvalue weighted by Crippen LogP contribution is 2.44. The number of anilines is 3. The van der Waals surface area contributed by atoms with Gasteiger partial charge in [-0.1, -0.05) is 140 Å². The van der Waals surface area contributed by atoms with Crippen molar-refractivity contribution in [3.05, 3.63) is 206 Å². The Morgan fingerprint density at radius 3 is 1.34 bits per heavy atom. The lowest BCUT2D eigenvalue weighted by molar-refractivity contribution is 1.19. The Kier molecular flexibility index (Phi) is 7.71. The average Bonchev–Trinajstić information content (AvgIpc) is 3.77. The van der Waals surface area contributed by atoms with E-state index in [0.29, 0.717) is 0 Å². The average molecular weight is 695 g/mol. The Morgan fingerprint density at radius 1 is 0.358 bits per heavy atom. The van der Waals surface area contributed by atoms with Gasteiger partial charge in [0.1, 0.15) is 0 Å². The Labute approximate surface area is 313 Å². The third-order valence-electron chi connectivity index (χ3n) is 10.2. The molecule has 0 spiro atoms. The smallest absolute Gasteiger partial charge is 0.0727 e. The number of benzene rings is 8. The van der Waals surface area contributed by atoms with Crippen molar-refractivity contribution in [2.75, 3.05) is 4.90 Å². The fraction of sp³-hybridized carbons (Fsp3) is 0. The molecule has 0 unspecified atom stereocenters. The summed E-state index contributed by atoms with van der Waals surface area (Å²) in [5.74, 6) is 0. The van der Waals surface area contributed by atoms with Gasteiger partial charge in [0.15, 0.2) is 0 Å². The first-order chi connectivity index (χ1) is 26.3. The molecule has 0 aliphatic carbocycles. The lowest BCUT2D eigenvalue weighted by Gasteiger charge is -2.26. The predicted molar refractivity (Wildman–Crippen MR) is 227 cm³/mol. The summed E-state index contributed by atoms with van der Waals surface area (Å²) in [7, 11) is 0. The zero-order valence-electron chi connectivity index (χ0n) is 28.9. The van der Waals surface area contributed by atoms with E-state index in [1.54, 1.807) is 0 Å². The number of nitrogens with zero attached hydrogens (tertiary/aromatic N) is 2. The molecule has 0 N–H and O–H groups in total. The third kappa shape index (κ3) is 5.59. The van der Waals surface area contributed by atoms with Crippen LogP contribution in [0.2, 0.25) is 0 Å². The van der Waals surface area contributed by atoms with Gasteiger partial charge in [-0.25, -0.2) is 0 Å². The van der Waals surface area contributed by atoms with Crippen LogP contribution < -0.4 is 4.90 Å². The van der Waals surface area contributed by atoms with E-state index in [0.717, 1.165) is 17.1 Å². The minimum Gasteiger partial charge on any atom is -0.311 e. The first kappa shape index (κ1) is 31.1. The summed E-state index contributed by atoms with van der Waals surface area (Å²) in [6, 6.07) is 74.4. The topological polar surface area (TPSA) is 8.17 Å². The molecule has 3 heteroatoms. The van der Waals surface area contributed by atoms with Crippen molar-refractivity contribution in [3.63, 3.8) is 0 Å². The molecule has 10 rings (SSSR count). The molecule has 0 fully saturated rings. The summed E-state index contributed by atoms with van der Waals surface area (Å²) >= 11 is 1.88. The number of hydrogen-bond acceptors (Lipinski definition) is 2. The minimum atomic E-state index is 1.11. The minimum absolute atomic E-state index is 1.11. The van der Waals surface area contributed by atoms with Gasteiger partial charge in [-0.3, -0.25) is 0 Å². The summed E-state index contributed by atoms with van der Waals surface area (Å²) in [5, 5.41) is 2.58. The zero-order chi connectivity index (χ0) is 35.1. The first-order valence-electron chi connectivity index (χ1n) is 18.0. The van der Waals surface area contributed by atoms with Crippen LogP contribution in [0.5, 0.6) is 0 Å². The van der Waals surface area contributed by atoms with E-state index in [4.69, 9.17) is 0 Å². The molecular formula is C50H34N2S. The van der Waals surface area contributed by atoms with Gasteiger partial charge in [0, 0.05) is 38.2 Å². The highest BCUT2D eigenvalue weighted by Gasteiger charge is 2.19. The number of aromatic nitrogens is 1. The van der Waals surface area contributed by atoms with Crippen molar-refractivity contribution in [1.29, 1.82) is 0 Å². The van der Waals surface area contributed by atoms with E-state index in [9.17, 15) is 0 Å². The van der Waals surface area contributed by atoms with Gasteiger partial charge < -0.3 is 9.47 Å². The number of thiophene rings is 1. The van der Waals surface area contributed by atoms with E-state index in [2.05, 4.69) is 216 Å². The number of fused-ring (bicyclic) bond motifs is 5. The summed E-state index contributed by atoms with van der Waals surface area (Å²) in [5.41, 5.74) is 14.3. The van der Waals surface area contributed by atoms with Crippen LogP contribution in [0.3, 0.4) is 0 Å². The maximum Gasteiger partial charge on any atom is 0.0727 e. The first-order valence-corrected chi connectivity index (χ1v) is 18.8. The molecular weight excluding hydrogens is 661 g/mol. The molecule has 0 amide bonds. The van der Waals surface area contributed by atoms with Crippen molar-refractivity contribution in [2.45, 2.75) is 0 Å². The van der Waals surface area contributed by atoms with Crippen molar-refractivity contribution in [2.24, 2.45) is 0 Å². The van der Waals surface area contributed by atoms with Crippen LogP contribution in [0, 0.1) is 0 Å². The number of rotatable bonds is 7.